The maximum Gasteiger partial charge on any atom is 0.294 e. The zero-order valence-electron chi connectivity index (χ0n) is 20.9. The van der Waals surface area contributed by atoms with Crippen molar-refractivity contribution in [3.8, 4) is 5.69 Å². The van der Waals surface area contributed by atoms with Gasteiger partial charge in [-0.15, -0.1) is 11.3 Å². The first kappa shape index (κ1) is 26.5. The van der Waals surface area contributed by atoms with Crippen LogP contribution >= 0.6 is 34.7 Å². The molecule has 0 bridgehead atoms. The number of carbonyl (C=O) groups excluding carboxylic acids is 1. The highest BCUT2D eigenvalue weighted by molar-refractivity contribution is 8.08. The highest BCUT2D eigenvalue weighted by Gasteiger charge is 2.34. The van der Waals surface area contributed by atoms with Gasteiger partial charge < -0.3 is 4.90 Å². The van der Waals surface area contributed by atoms with Gasteiger partial charge in [-0.25, -0.2) is 0 Å². The van der Waals surface area contributed by atoms with Gasteiger partial charge in [0.25, 0.3) is 21.6 Å². The van der Waals surface area contributed by atoms with Gasteiger partial charge in [-0.2, -0.15) is 18.5 Å². The third kappa shape index (κ3) is 4.28. The molecule has 0 atom stereocenters. The number of para-hydroxylation sites is 2. The van der Waals surface area contributed by atoms with Crippen molar-refractivity contribution in [1.29, 1.82) is 0 Å². The molecule has 0 saturated carbocycles. The Morgan fingerprint density at radius 3 is 2.33 bits per heavy atom. The molecule has 0 radical (unpaired) electrons. The molecule has 1 aromatic heterocycles. The van der Waals surface area contributed by atoms with Gasteiger partial charge in [-0.05, 0) is 49.4 Å². The minimum atomic E-state index is -4.49. The maximum absolute atomic E-state index is 14.0. The Morgan fingerprint density at radius 2 is 1.65 bits per heavy atom. The highest BCUT2D eigenvalue weighted by atomic mass is 35.5. The molecular weight excluding hydrogens is 592 g/mol. The fraction of sp³-hybridized carbons (Fsp3) is 0.0741. The average molecular weight is 611 g/mol. The molecule has 0 spiro atoms. The molecule has 3 aromatic carbocycles. The molecule has 13 heteroatoms. The summed E-state index contributed by atoms with van der Waals surface area (Å²) in [6, 6.07) is 20.4. The Kier molecular flexibility index (Phi) is 6.47. The Labute approximate surface area is 241 Å². The summed E-state index contributed by atoms with van der Waals surface area (Å²) in [5.41, 5.74) is 2.02. The lowest BCUT2D eigenvalue weighted by atomic mass is 10.2. The van der Waals surface area contributed by atoms with Crippen molar-refractivity contribution < 1.29 is 17.8 Å². The zero-order valence-corrected chi connectivity index (χ0v) is 24.1. The smallest absolute Gasteiger partial charge is 0.294 e. The van der Waals surface area contributed by atoms with E-state index in [1.807, 2.05) is 54.4 Å². The van der Waals surface area contributed by atoms with Gasteiger partial charge >= 0.3 is 0 Å². The summed E-state index contributed by atoms with van der Waals surface area (Å²) in [5.74, 6) is -0.530. The van der Waals surface area contributed by atoms with Crippen molar-refractivity contribution in [2.45, 2.75) is 16.7 Å². The molecule has 9 nitrogen and oxygen atoms in total. The van der Waals surface area contributed by atoms with Crippen LogP contribution < -0.4 is 24.7 Å². The number of aromatic nitrogens is 1. The molecule has 0 unspecified atom stereocenters. The molecule has 0 aliphatic carbocycles. The van der Waals surface area contributed by atoms with Crippen molar-refractivity contribution in [2.24, 2.45) is 5.10 Å². The fourth-order valence-electron chi connectivity index (χ4n) is 4.53. The van der Waals surface area contributed by atoms with Crippen LogP contribution in [0.4, 0.5) is 11.4 Å². The van der Waals surface area contributed by atoms with E-state index in [2.05, 4.69) is 5.10 Å². The summed E-state index contributed by atoms with van der Waals surface area (Å²) in [6.07, 6.45) is 0. The van der Waals surface area contributed by atoms with Crippen LogP contribution in [0.3, 0.4) is 0 Å². The van der Waals surface area contributed by atoms with Crippen molar-refractivity contribution in [3.63, 3.8) is 0 Å². The van der Waals surface area contributed by atoms with Gasteiger partial charge in [-0.1, -0.05) is 53.7 Å². The number of fused-ring (bicyclic) bond motifs is 1. The second-order valence-corrected chi connectivity index (χ2v) is 12.8. The molecule has 40 heavy (non-hydrogen) atoms. The molecule has 202 valence electrons. The number of nitrogens with zero attached hydrogens (tertiary/aromatic N) is 4. The molecular formula is C27H19ClN4O5S3. The number of thioether (sulfide) groups is 1. The second kappa shape index (κ2) is 9.75. The van der Waals surface area contributed by atoms with Crippen LogP contribution in [-0.2, 0) is 14.9 Å². The predicted octanol–water partition coefficient (Wildman–Crippen LogP) is 3.68. The van der Waals surface area contributed by atoms with E-state index in [4.69, 9.17) is 11.6 Å². The molecule has 0 saturated heterocycles. The lowest BCUT2D eigenvalue weighted by molar-refractivity contribution is -0.112. The quantitative estimate of drug-likeness (QED) is 0.352. The van der Waals surface area contributed by atoms with Crippen LogP contribution in [0.2, 0.25) is 5.02 Å². The summed E-state index contributed by atoms with van der Waals surface area (Å²) in [6.45, 7) is 1.66. The van der Waals surface area contributed by atoms with Crippen LogP contribution in [0, 0.1) is 0 Å². The largest absolute Gasteiger partial charge is 0.337 e. The number of hydrogen-bond donors (Lipinski definition) is 1. The Morgan fingerprint density at radius 1 is 0.950 bits per heavy atom. The molecule has 2 aliphatic rings. The van der Waals surface area contributed by atoms with E-state index in [9.17, 15) is 22.6 Å². The molecule has 1 N–H and O–H groups in total. The minimum absolute atomic E-state index is 0.0918. The average Bonchev–Trinajstić information content (AvgIpc) is 3.54. The summed E-state index contributed by atoms with van der Waals surface area (Å²) < 4.78 is 34.8. The number of halogens is 1. The van der Waals surface area contributed by atoms with Gasteiger partial charge in [-0.3, -0.25) is 18.7 Å². The third-order valence-electron chi connectivity index (χ3n) is 6.42. The first-order valence-corrected chi connectivity index (χ1v) is 15.2. The van der Waals surface area contributed by atoms with Gasteiger partial charge in [0.1, 0.15) is 14.2 Å². The number of anilines is 2. The van der Waals surface area contributed by atoms with E-state index in [-0.39, 0.29) is 21.8 Å². The van der Waals surface area contributed by atoms with Crippen LogP contribution in [0.5, 0.6) is 0 Å². The van der Waals surface area contributed by atoms with E-state index >= 15 is 0 Å². The van der Waals surface area contributed by atoms with Gasteiger partial charge in [0.15, 0.2) is 0 Å². The van der Waals surface area contributed by atoms with Gasteiger partial charge in [0.05, 0.1) is 38.3 Å². The summed E-state index contributed by atoms with van der Waals surface area (Å²) >= 11 is 9.01. The van der Waals surface area contributed by atoms with Crippen LogP contribution in [0.1, 0.15) is 6.92 Å². The topological polar surface area (TPSA) is 112 Å². The number of carbonyl (C=O) groups is 1. The number of hydrazone groups is 1. The summed E-state index contributed by atoms with van der Waals surface area (Å²) in [5, 5.41) is 6.14. The Hall–Kier alpha value is -3.68. The second-order valence-electron chi connectivity index (χ2n) is 8.91. The van der Waals surface area contributed by atoms with Crippen molar-refractivity contribution in [2.75, 3.05) is 17.0 Å². The summed E-state index contributed by atoms with van der Waals surface area (Å²) in [4.78, 5) is 30.4. The van der Waals surface area contributed by atoms with Crippen LogP contribution in [-0.4, -0.2) is 36.2 Å². The molecule has 6 rings (SSSR count). The first-order valence-electron chi connectivity index (χ1n) is 11.8. The molecule has 1 amide bonds. The standard InChI is InChI=1S/C27H19ClN4O5S3/c1-15-22(24(33)32(29-15)19-13-12-17(14-18(19)28)40(35,36)37)26-31(16-8-4-3-5-9-16)25(34)23(39-26)27-30(2)20-10-6-7-11-21(20)38-27/h3-14H,1-2H3,(H,35,36,37). The number of benzene rings is 3. The normalized spacial score (nSPS) is 17.9. The number of thiazole rings is 1. The molecule has 0 fully saturated rings. The van der Waals surface area contributed by atoms with E-state index in [0.717, 1.165) is 32.8 Å². The number of amides is 1. The zero-order chi connectivity index (χ0) is 28.3. The number of rotatable bonds is 3. The molecule has 4 aromatic rings. The van der Waals surface area contributed by atoms with E-state index in [1.54, 1.807) is 19.1 Å². The van der Waals surface area contributed by atoms with Crippen molar-refractivity contribution in [3.05, 3.63) is 97.4 Å². The van der Waals surface area contributed by atoms with E-state index in [0.29, 0.717) is 20.6 Å². The van der Waals surface area contributed by atoms with Crippen LogP contribution in [0.25, 0.3) is 16.3 Å². The lowest BCUT2D eigenvalue weighted by Gasteiger charge is -2.14. The SMILES string of the molecule is CC1=NN(c2ccc(S(=O)(=O)O)cc2Cl)C(=O)C1=c1sc(=C2Sc3ccccc3N2C)c(=O)n1-c1ccccc1. The van der Waals surface area contributed by atoms with Crippen LogP contribution in [0.15, 0.2) is 92.5 Å². The van der Waals surface area contributed by atoms with Gasteiger partial charge in [0.2, 0.25) is 0 Å². The fourth-order valence-corrected chi connectivity index (χ4v) is 7.90. The summed E-state index contributed by atoms with van der Waals surface area (Å²) in [7, 11) is -2.58. The Bertz CT molecular complexity index is 2050. The first-order chi connectivity index (χ1) is 19.1. The van der Waals surface area contributed by atoms with E-state index < -0.39 is 20.9 Å². The maximum atomic E-state index is 14.0. The molecule has 3 heterocycles. The number of hydrogen-bond acceptors (Lipinski definition) is 8. The van der Waals surface area contributed by atoms with Gasteiger partial charge in [0, 0.05) is 11.9 Å². The monoisotopic (exact) mass is 610 g/mol. The highest BCUT2D eigenvalue weighted by Crippen LogP contribution is 2.45. The lowest BCUT2D eigenvalue weighted by Crippen LogP contribution is -2.34. The van der Waals surface area contributed by atoms with Crippen molar-refractivity contribution >= 4 is 78.4 Å². The third-order valence-corrected chi connectivity index (χ3v) is 10.1. The predicted molar refractivity (Wildman–Crippen MR) is 159 cm³/mol. The Balaban J connectivity index is 1.59. The van der Waals surface area contributed by atoms with E-state index in [1.165, 1.54) is 33.7 Å². The molecule has 2 aliphatic heterocycles. The minimum Gasteiger partial charge on any atom is -0.337 e. The van der Waals surface area contributed by atoms with Crippen molar-refractivity contribution in [1.82, 2.24) is 4.57 Å².